The van der Waals surface area contributed by atoms with Crippen molar-refractivity contribution in [1.82, 2.24) is 5.32 Å². The third-order valence-corrected chi connectivity index (χ3v) is 3.61. The summed E-state index contributed by atoms with van der Waals surface area (Å²) in [5, 5.41) is 2.58. The lowest BCUT2D eigenvalue weighted by molar-refractivity contribution is -0.124. The maximum absolute atomic E-state index is 13.4. The Bertz CT molecular complexity index is 817. The number of rotatable bonds is 6. The number of nitrogens with one attached hydrogen (secondary N) is 1. The van der Waals surface area contributed by atoms with E-state index in [9.17, 15) is 18.8 Å². The highest BCUT2D eigenvalue weighted by atomic mass is 19.1. The maximum atomic E-state index is 13.4. The van der Waals surface area contributed by atoms with Gasteiger partial charge in [-0.1, -0.05) is 18.2 Å². The van der Waals surface area contributed by atoms with Crippen LogP contribution in [0.15, 0.2) is 42.5 Å². The largest absolute Gasteiger partial charge is 0.465 e. The standard InChI is InChI=1S/C19H18FNO5/c1-12-3-6-15(9-16(12)20)19(24)26-11-17(22)21-10-13-4-7-14(8-5-13)18(23)25-2/h3-9H,10-11H2,1-2H3,(H,21,22). The van der Waals surface area contributed by atoms with Crippen molar-refractivity contribution in [2.24, 2.45) is 0 Å². The predicted octanol–water partition coefficient (Wildman–Crippen LogP) is 2.39. The molecule has 2 aromatic carbocycles. The number of hydrogen-bond acceptors (Lipinski definition) is 5. The normalized spacial score (nSPS) is 10.1. The number of amides is 1. The molecule has 0 aliphatic rings. The van der Waals surface area contributed by atoms with Gasteiger partial charge in [0, 0.05) is 6.54 Å². The molecule has 0 aromatic heterocycles. The molecule has 0 unspecified atom stereocenters. The Balaban J connectivity index is 1.80. The fourth-order valence-corrected chi connectivity index (χ4v) is 2.06. The first-order chi connectivity index (χ1) is 12.4. The number of halogens is 1. The number of benzene rings is 2. The molecule has 0 fully saturated rings. The van der Waals surface area contributed by atoms with Crippen LogP contribution in [0, 0.1) is 12.7 Å². The topological polar surface area (TPSA) is 81.7 Å². The second-order valence-corrected chi connectivity index (χ2v) is 5.51. The molecule has 7 heteroatoms. The van der Waals surface area contributed by atoms with Crippen LogP contribution in [0.4, 0.5) is 4.39 Å². The van der Waals surface area contributed by atoms with Crippen LogP contribution in [0.2, 0.25) is 0 Å². The highest BCUT2D eigenvalue weighted by Gasteiger charge is 2.12. The van der Waals surface area contributed by atoms with Gasteiger partial charge in [-0.25, -0.2) is 14.0 Å². The number of carbonyl (C=O) groups excluding carboxylic acids is 3. The van der Waals surface area contributed by atoms with E-state index in [-0.39, 0.29) is 12.1 Å². The second-order valence-electron chi connectivity index (χ2n) is 5.51. The van der Waals surface area contributed by atoms with Crippen molar-refractivity contribution in [3.63, 3.8) is 0 Å². The Morgan fingerprint density at radius 1 is 1.00 bits per heavy atom. The minimum absolute atomic E-state index is 0.0410. The first-order valence-corrected chi connectivity index (χ1v) is 7.78. The average molecular weight is 359 g/mol. The molecule has 0 bridgehead atoms. The maximum Gasteiger partial charge on any atom is 0.338 e. The zero-order chi connectivity index (χ0) is 19.1. The number of aryl methyl sites for hydroxylation is 1. The van der Waals surface area contributed by atoms with Crippen LogP contribution in [0.1, 0.15) is 31.8 Å². The third-order valence-electron chi connectivity index (χ3n) is 3.61. The second kappa shape index (κ2) is 8.75. The van der Waals surface area contributed by atoms with Crippen LogP contribution in [0.5, 0.6) is 0 Å². The molecule has 0 saturated heterocycles. The van der Waals surface area contributed by atoms with Gasteiger partial charge >= 0.3 is 11.9 Å². The summed E-state index contributed by atoms with van der Waals surface area (Å²) < 4.78 is 22.9. The van der Waals surface area contributed by atoms with E-state index in [1.807, 2.05) is 0 Å². The molecule has 0 saturated carbocycles. The molecule has 0 atom stereocenters. The van der Waals surface area contributed by atoms with Crippen LogP contribution >= 0.6 is 0 Å². The number of methoxy groups -OCH3 is 1. The molecule has 2 aromatic rings. The SMILES string of the molecule is COC(=O)c1ccc(CNC(=O)COC(=O)c2ccc(C)c(F)c2)cc1. The van der Waals surface area contributed by atoms with E-state index in [2.05, 4.69) is 10.1 Å². The van der Waals surface area contributed by atoms with Gasteiger partial charge in [-0.15, -0.1) is 0 Å². The lowest BCUT2D eigenvalue weighted by Gasteiger charge is -2.08. The molecule has 0 heterocycles. The summed E-state index contributed by atoms with van der Waals surface area (Å²) in [5.41, 5.74) is 1.62. The Hall–Kier alpha value is -3.22. The first kappa shape index (κ1) is 19.1. The van der Waals surface area contributed by atoms with Gasteiger partial charge in [-0.3, -0.25) is 4.79 Å². The van der Waals surface area contributed by atoms with E-state index in [0.29, 0.717) is 11.1 Å². The van der Waals surface area contributed by atoms with Crippen molar-refractivity contribution in [1.29, 1.82) is 0 Å². The summed E-state index contributed by atoms with van der Waals surface area (Å²) in [6, 6.07) is 10.5. The highest BCUT2D eigenvalue weighted by Crippen LogP contribution is 2.10. The van der Waals surface area contributed by atoms with Crippen molar-refractivity contribution >= 4 is 17.8 Å². The molecule has 6 nitrogen and oxygen atoms in total. The lowest BCUT2D eigenvalue weighted by Crippen LogP contribution is -2.28. The van der Waals surface area contributed by atoms with Gasteiger partial charge in [0.25, 0.3) is 5.91 Å². The highest BCUT2D eigenvalue weighted by molar-refractivity contribution is 5.91. The molecular weight excluding hydrogens is 341 g/mol. The zero-order valence-electron chi connectivity index (χ0n) is 14.4. The molecular formula is C19H18FNO5. The van der Waals surface area contributed by atoms with Gasteiger partial charge in [-0.2, -0.15) is 0 Å². The average Bonchev–Trinajstić information content (AvgIpc) is 2.66. The molecule has 2 rings (SSSR count). The predicted molar refractivity (Wildman–Crippen MR) is 91.0 cm³/mol. The Morgan fingerprint density at radius 3 is 2.27 bits per heavy atom. The zero-order valence-corrected chi connectivity index (χ0v) is 14.4. The number of carbonyl (C=O) groups is 3. The van der Waals surface area contributed by atoms with Crippen LogP contribution in [0.3, 0.4) is 0 Å². The van der Waals surface area contributed by atoms with Gasteiger partial charge in [0.1, 0.15) is 5.82 Å². The molecule has 26 heavy (non-hydrogen) atoms. The van der Waals surface area contributed by atoms with E-state index in [1.165, 1.54) is 19.2 Å². The van der Waals surface area contributed by atoms with Crippen molar-refractivity contribution < 1.29 is 28.2 Å². The van der Waals surface area contributed by atoms with Crippen molar-refractivity contribution in [3.8, 4) is 0 Å². The number of ether oxygens (including phenoxy) is 2. The van der Waals surface area contributed by atoms with E-state index in [0.717, 1.165) is 11.6 Å². The summed E-state index contributed by atoms with van der Waals surface area (Å²) >= 11 is 0. The molecule has 136 valence electrons. The van der Waals surface area contributed by atoms with Crippen LogP contribution in [-0.2, 0) is 20.8 Å². The van der Waals surface area contributed by atoms with E-state index in [1.54, 1.807) is 31.2 Å². The summed E-state index contributed by atoms with van der Waals surface area (Å²) in [6.07, 6.45) is 0. The first-order valence-electron chi connectivity index (χ1n) is 7.78. The molecule has 1 N–H and O–H groups in total. The summed E-state index contributed by atoms with van der Waals surface area (Å²) in [6.45, 7) is 1.31. The van der Waals surface area contributed by atoms with Crippen LogP contribution in [0.25, 0.3) is 0 Å². The van der Waals surface area contributed by atoms with Gasteiger partial charge in [-0.05, 0) is 42.3 Å². The summed E-state index contributed by atoms with van der Waals surface area (Å²) in [5.74, 6) is -2.23. The van der Waals surface area contributed by atoms with Gasteiger partial charge in [0.05, 0.1) is 18.2 Å². The lowest BCUT2D eigenvalue weighted by atomic mass is 10.1. The van der Waals surface area contributed by atoms with E-state index in [4.69, 9.17) is 4.74 Å². The molecule has 0 spiro atoms. The van der Waals surface area contributed by atoms with E-state index < -0.39 is 30.3 Å². The molecule has 0 radical (unpaired) electrons. The number of esters is 2. The Kier molecular flexibility index (Phi) is 6.43. The smallest absolute Gasteiger partial charge is 0.338 e. The number of hydrogen-bond donors (Lipinski definition) is 1. The fraction of sp³-hybridized carbons (Fsp3) is 0.211. The Morgan fingerprint density at radius 2 is 1.65 bits per heavy atom. The van der Waals surface area contributed by atoms with Crippen LogP contribution < -0.4 is 5.32 Å². The van der Waals surface area contributed by atoms with Crippen molar-refractivity contribution in [2.75, 3.05) is 13.7 Å². The molecule has 1 amide bonds. The Labute approximate surface area is 149 Å². The summed E-state index contributed by atoms with van der Waals surface area (Å²) in [4.78, 5) is 34.9. The van der Waals surface area contributed by atoms with Gasteiger partial charge in [0.15, 0.2) is 6.61 Å². The minimum Gasteiger partial charge on any atom is -0.465 e. The quantitative estimate of drug-likeness (QED) is 0.801. The molecule has 0 aliphatic heterocycles. The van der Waals surface area contributed by atoms with Crippen molar-refractivity contribution in [2.45, 2.75) is 13.5 Å². The molecule has 0 aliphatic carbocycles. The minimum atomic E-state index is -0.776. The fourth-order valence-electron chi connectivity index (χ4n) is 2.06. The van der Waals surface area contributed by atoms with Gasteiger partial charge in [0.2, 0.25) is 0 Å². The van der Waals surface area contributed by atoms with E-state index >= 15 is 0 Å². The van der Waals surface area contributed by atoms with Gasteiger partial charge < -0.3 is 14.8 Å². The van der Waals surface area contributed by atoms with Crippen LogP contribution in [-0.4, -0.2) is 31.6 Å². The monoisotopic (exact) mass is 359 g/mol. The third kappa shape index (κ3) is 5.14. The van der Waals surface area contributed by atoms with Crippen molar-refractivity contribution in [3.05, 3.63) is 70.5 Å². The summed E-state index contributed by atoms with van der Waals surface area (Å²) in [7, 11) is 1.29.